The van der Waals surface area contributed by atoms with E-state index in [0.29, 0.717) is 27.9 Å². The summed E-state index contributed by atoms with van der Waals surface area (Å²) in [5, 5.41) is 6.27. The Balaban J connectivity index is 1.71. The molecule has 0 bridgehead atoms. The smallest absolute Gasteiger partial charge is 0.345 e. The number of hydrogen-bond donors (Lipinski definition) is 1. The summed E-state index contributed by atoms with van der Waals surface area (Å²) in [6.07, 6.45) is 3.28. The lowest BCUT2D eigenvalue weighted by Gasteiger charge is -2.00. The van der Waals surface area contributed by atoms with Crippen molar-refractivity contribution in [1.29, 1.82) is 0 Å². The van der Waals surface area contributed by atoms with E-state index in [0.717, 1.165) is 5.39 Å². The van der Waals surface area contributed by atoms with E-state index in [1.165, 1.54) is 11.3 Å². The third-order valence-electron chi connectivity index (χ3n) is 3.21. The molecule has 0 aliphatic heterocycles. The van der Waals surface area contributed by atoms with E-state index in [1.54, 1.807) is 36.0 Å². The molecule has 0 radical (unpaired) electrons. The molecule has 0 saturated carbocycles. The average Bonchev–Trinajstić information content (AvgIpc) is 3.03. The van der Waals surface area contributed by atoms with Crippen LogP contribution in [0, 0.1) is 0 Å². The van der Waals surface area contributed by atoms with Crippen molar-refractivity contribution in [2.45, 2.75) is 0 Å². The van der Waals surface area contributed by atoms with E-state index >= 15 is 0 Å². The highest BCUT2D eigenvalue weighted by molar-refractivity contribution is 7.14. The van der Waals surface area contributed by atoms with Crippen LogP contribution >= 0.6 is 11.3 Å². The molecule has 0 aliphatic carbocycles. The number of anilines is 2. The van der Waals surface area contributed by atoms with Gasteiger partial charge in [-0.1, -0.05) is 18.2 Å². The Bertz CT molecular complexity index is 1030. The van der Waals surface area contributed by atoms with Crippen LogP contribution in [0.5, 0.6) is 0 Å². The molecule has 3 heterocycles. The van der Waals surface area contributed by atoms with Gasteiger partial charge in [-0.3, -0.25) is 0 Å². The molecule has 0 saturated heterocycles. The van der Waals surface area contributed by atoms with Gasteiger partial charge in [0, 0.05) is 23.2 Å². The Labute approximate surface area is 134 Å². The molecular formula is C16H10N4O2S. The van der Waals surface area contributed by atoms with Crippen molar-refractivity contribution in [3.8, 4) is 11.3 Å². The van der Waals surface area contributed by atoms with Gasteiger partial charge in [-0.15, -0.1) is 11.3 Å². The second-order valence-corrected chi connectivity index (χ2v) is 5.58. The average molecular weight is 322 g/mol. The lowest BCUT2D eigenvalue weighted by atomic mass is 10.1. The fourth-order valence-electron chi connectivity index (χ4n) is 2.15. The number of nitrogens with zero attached hydrogens (tertiary/aromatic N) is 3. The molecule has 0 atom stereocenters. The van der Waals surface area contributed by atoms with Gasteiger partial charge in [-0.05, 0) is 18.2 Å². The maximum atomic E-state index is 12.2. The molecule has 23 heavy (non-hydrogen) atoms. The first kappa shape index (κ1) is 13.6. The number of benzene rings is 1. The van der Waals surface area contributed by atoms with E-state index in [2.05, 4.69) is 20.3 Å². The van der Waals surface area contributed by atoms with Crippen molar-refractivity contribution in [2.24, 2.45) is 0 Å². The van der Waals surface area contributed by atoms with Gasteiger partial charge < -0.3 is 9.73 Å². The Hall–Kier alpha value is -3.06. The summed E-state index contributed by atoms with van der Waals surface area (Å²) in [5.41, 5.74) is 1.15. The molecule has 7 heteroatoms. The zero-order valence-corrected chi connectivity index (χ0v) is 12.6. The number of aromatic nitrogens is 3. The fraction of sp³-hybridized carbons (Fsp3) is 0. The van der Waals surface area contributed by atoms with Crippen LogP contribution in [0.4, 0.5) is 11.1 Å². The Kier molecular flexibility index (Phi) is 3.32. The minimum atomic E-state index is -0.406. The van der Waals surface area contributed by atoms with Crippen LogP contribution in [-0.2, 0) is 0 Å². The van der Waals surface area contributed by atoms with Gasteiger partial charge in [-0.2, -0.15) is 0 Å². The molecule has 1 N–H and O–H groups in total. The second kappa shape index (κ2) is 5.62. The highest BCUT2D eigenvalue weighted by Gasteiger charge is 2.12. The van der Waals surface area contributed by atoms with Crippen molar-refractivity contribution in [2.75, 3.05) is 5.32 Å². The number of nitrogens with one attached hydrogen (secondary N) is 1. The predicted octanol–water partition coefficient (Wildman–Crippen LogP) is 3.45. The summed E-state index contributed by atoms with van der Waals surface area (Å²) in [4.78, 5) is 24.7. The summed E-state index contributed by atoms with van der Waals surface area (Å²) in [6.45, 7) is 0. The zero-order chi connectivity index (χ0) is 15.6. The minimum Gasteiger partial charge on any atom is -0.422 e. The van der Waals surface area contributed by atoms with E-state index in [4.69, 9.17) is 4.42 Å². The molecule has 4 aromatic rings. The number of thiazole rings is 1. The van der Waals surface area contributed by atoms with Crippen molar-refractivity contribution < 1.29 is 4.42 Å². The minimum absolute atomic E-state index is 0.406. The summed E-state index contributed by atoms with van der Waals surface area (Å²) >= 11 is 1.37. The Morgan fingerprint density at radius 2 is 1.91 bits per heavy atom. The Morgan fingerprint density at radius 3 is 2.78 bits per heavy atom. The maximum absolute atomic E-state index is 12.2. The number of para-hydroxylation sites is 1. The van der Waals surface area contributed by atoms with E-state index in [-0.39, 0.29) is 0 Å². The second-order valence-electron chi connectivity index (χ2n) is 4.72. The number of rotatable bonds is 3. The van der Waals surface area contributed by atoms with Gasteiger partial charge in [0.2, 0.25) is 5.95 Å². The van der Waals surface area contributed by atoms with Gasteiger partial charge >= 0.3 is 5.63 Å². The molecule has 0 aliphatic rings. The molecule has 0 unspecified atom stereocenters. The lowest BCUT2D eigenvalue weighted by molar-refractivity contribution is 0.563. The standard InChI is InChI=1S/C16H10N4O2S/c21-14-11(8-10-4-1-2-5-13(10)22-14)12-9-23-16(19-12)20-15-17-6-3-7-18-15/h1-9H,(H,17,18,19,20). The molecule has 1 aromatic carbocycles. The van der Waals surface area contributed by atoms with Crippen LogP contribution in [0.2, 0.25) is 0 Å². The zero-order valence-electron chi connectivity index (χ0n) is 11.8. The first-order valence-electron chi connectivity index (χ1n) is 6.82. The number of fused-ring (bicyclic) bond motifs is 1. The SMILES string of the molecule is O=c1oc2ccccc2cc1-c1csc(Nc2ncccn2)n1. The summed E-state index contributed by atoms with van der Waals surface area (Å²) < 4.78 is 5.34. The summed E-state index contributed by atoms with van der Waals surface area (Å²) in [6, 6.07) is 10.9. The largest absolute Gasteiger partial charge is 0.422 e. The van der Waals surface area contributed by atoms with E-state index in [1.807, 2.05) is 18.2 Å². The van der Waals surface area contributed by atoms with Gasteiger partial charge in [0.25, 0.3) is 0 Å². The van der Waals surface area contributed by atoms with Crippen molar-refractivity contribution in [3.05, 3.63) is 64.6 Å². The highest BCUT2D eigenvalue weighted by Crippen LogP contribution is 2.26. The summed E-state index contributed by atoms with van der Waals surface area (Å²) in [5.74, 6) is 0.457. The third-order valence-corrected chi connectivity index (χ3v) is 3.96. The topological polar surface area (TPSA) is 80.9 Å². The number of hydrogen-bond acceptors (Lipinski definition) is 7. The molecule has 4 rings (SSSR count). The van der Waals surface area contributed by atoms with Crippen molar-refractivity contribution in [3.63, 3.8) is 0 Å². The van der Waals surface area contributed by atoms with E-state index in [9.17, 15) is 4.79 Å². The molecule has 6 nitrogen and oxygen atoms in total. The molecule has 0 spiro atoms. The third kappa shape index (κ3) is 2.69. The maximum Gasteiger partial charge on any atom is 0.345 e. The van der Waals surface area contributed by atoms with Crippen LogP contribution in [-0.4, -0.2) is 15.0 Å². The predicted molar refractivity (Wildman–Crippen MR) is 88.9 cm³/mol. The lowest BCUT2D eigenvalue weighted by Crippen LogP contribution is -2.03. The van der Waals surface area contributed by atoms with Crippen LogP contribution in [0.1, 0.15) is 0 Å². The molecule has 112 valence electrons. The van der Waals surface area contributed by atoms with Crippen LogP contribution in [0.3, 0.4) is 0 Å². The first-order chi connectivity index (χ1) is 11.3. The van der Waals surface area contributed by atoms with Crippen LogP contribution in [0.25, 0.3) is 22.2 Å². The van der Waals surface area contributed by atoms with E-state index < -0.39 is 5.63 Å². The van der Waals surface area contributed by atoms with Gasteiger partial charge in [0.15, 0.2) is 5.13 Å². The fourth-order valence-corrected chi connectivity index (χ4v) is 2.86. The van der Waals surface area contributed by atoms with Gasteiger partial charge in [-0.25, -0.2) is 19.7 Å². The van der Waals surface area contributed by atoms with Gasteiger partial charge in [0.1, 0.15) is 5.58 Å². The molecule has 0 fully saturated rings. The molecule has 3 aromatic heterocycles. The van der Waals surface area contributed by atoms with Crippen LogP contribution in [0.15, 0.2) is 63.4 Å². The van der Waals surface area contributed by atoms with Crippen molar-refractivity contribution in [1.82, 2.24) is 15.0 Å². The monoisotopic (exact) mass is 322 g/mol. The van der Waals surface area contributed by atoms with Gasteiger partial charge in [0.05, 0.1) is 11.3 Å². The molecular weight excluding hydrogens is 312 g/mol. The highest BCUT2D eigenvalue weighted by atomic mass is 32.1. The quantitative estimate of drug-likeness (QED) is 0.582. The Morgan fingerprint density at radius 1 is 1.09 bits per heavy atom. The summed E-state index contributed by atoms with van der Waals surface area (Å²) in [7, 11) is 0. The molecule has 0 amide bonds. The normalized spacial score (nSPS) is 10.8. The first-order valence-corrected chi connectivity index (χ1v) is 7.70. The van der Waals surface area contributed by atoms with Crippen molar-refractivity contribution >= 4 is 33.4 Å². The van der Waals surface area contributed by atoms with Crippen LogP contribution < -0.4 is 10.9 Å².